The van der Waals surface area contributed by atoms with Gasteiger partial charge in [-0.3, -0.25) is 29.4 Å². The fourth-order valence-corrected chi connectivity index (χ4v) is 4.67. The molecule has 3 heterocycles. The van der Waals surface area contributed by atoms with Gasteiger partial charge in [0.2, 0.25) is 23.6 Å². The van der Waals surface area contributed by atoms with Gasteiger partial charge >= 0.3 is 0 Å². The van der Waals surface area contributed by atoms with Gasteiger partial charge in [-0.05, 0) is 12.5 Å². The minimum Gasteiger partial charge on any atom is -0.370 e. The third-order valence-electron chi connectivity index (χ3n) is 5.73. The summed E-state index contributed by atoms with van der Waals surface area (Å²) in [5.41, 5.74) is 5.21. The van der Waals surface area contributed by atoms with E-state index < -0.39 is 35.2 Å². The topological polar surface area (TPSA) is 122 Å². The van der Waals surface area contributed by atoms with Crippen molar-refractivity contribution in [1.29, 1.82) is 0 Å². The van der Waals surface area contributed by atoms with E-state index >= 15 is 0 Å². The Morgan fingerprint density at radius 3 is 2.70 bits per heavy atom. The van der Waals surface area contributed by atoms with Gasteiger partial charge in [0.15, 0.2) is 0 Å². The number of anilines is 1. The zero-order valence-electron chi connectivity index (χ0n) is 14.6. The molecule has 0 unspecified atom stereocenters. The zero-order chi connectivity index (χ0) is 19.3. The lowest BCUT2D eigenvalue weighted by molar-refractivity contribution is -0.142. The number of imide groups is 1. The first-order valence-electron chi connectivity index (χ1n) is 8.85. The second kappa shape index (κ2) is 6.02. The second-order valence-corrected chi connectivity index (χ2v) is 7.14. The molecular weight excluding hydrogens is 348 g/mol. The maximum absolute atomic E-state index is 13.1. The van der Waals surface area contributed by atoms with Gasteiger partial charge in [-0.2, -0.15) is 0 Å². The minimum atomic E-state index is -1.33. The predicted molar refractivity (Wildman–Crippen MR) is 96.0 cm³/mol. The van der Waals surface area contributed by atoms with Crippen LogP contribution in [0.2, 0.25) is 0 Å². The van der Waals surface area contributed by atoms with Gasteiger partial charge in [0.25, 0.3) is 0 Å². The molecule has 1 aromatic rings. The number of fused-ring (bicyclic) bond motifs is 4. The van der Waals surface area contributed by atoms with E-state index in [9.17, 15) is 19.2 Å². The number of carbonyl (C=O) groups excluding carboxylic acids is 4. The molecule has 4 atom stereocenters. The highest BCUT2D eigenvalue weighted by atomic mass is 16.2. The van der Waals surface area contributed by atoms with Crippen molar-refractivity contribution in [1.82, 2.24) is 10.2 Å². The van der Waals surface area contributed by atoms with Crippen molar-refractivity contribution in [3.8, 4) is 0 Å². The minimum absolute atomic E-state index is 0.0587. The molecule has 3 aliphatic rings. The van der Waals surface area contributed by atoms with Crippen LogP contribution in [-0.4, -0.2) is 41.1 Å². The van der Waals surface area contributed by atoms with Gasteiger partial charge in [0.1, 0.15) is 5.54 Å². The summed E-state index contributed by atoms with van der Waals surface area (Å²) in [5.74, 6) is -3.20. The molecule has 2 fully saturated rings. The Balaban J connectivity index is 1.83. The van der Waals surface area contributed by atoms with Crippen molar-refractivity contribution in [2.45, 2.75) is 24.4 Å². The fourth-order valence-electron chi connectivity index (χ4n) is 4.67. The van der Waals surface area contributed by atoms with Crippen molar-refractivity contribution in [2.24, 2.45) is 17.6 Å². The number of hydrogen-bond donors (Lipinski definition) is 3. The number of primary amides is 1. The number of nitrogens with zero attached hydrogens (tertiary/aromatic N) is 1. The van der Waals surface area contributed by atoms with Crippen LogP contribution in [-0.2, 0) is 24.7 Å². The molecule has 140 valence electrons. The maximum Gasteiger partial charge on any atom is 0.250 e. The van der Waals surface area contributed by atoms with E-state index in [1.54, 1.807) is 24.3 Å². The molecule has 4 N–H and O–H groups in total. The number of carbonyl (C=O) groups is 4. The molecule has 0 bridgehead atoms. The van der Waals surface area contributed by atoms with E-state index in [2.05, 4.69) is 17.2 Å². The van der Waals surface area contributed by atoms with Crippen molar-refractivity contribution >= 4 is 29.3 Å². The Morgan fingerprint density at radius 2 is 2.00 bits per heavy atom. The van der Waals surface area contributed by atoms with Crippen LogP contribution in [0.4, 0.5) is 5.69 Å². The van der Waals surface area contributed by atoms with Crippen molar-refractivity contribution in [2.75, 3.05) is 11.9 Å². The Bertz CT molecular complexity index is 882. The smallest absolute Gasteiger partial charge is 0.250 e. The molecular formula is C19H20N4O4. The van der Waals surface area contributed by atoms with E-state index in [0.717, 1.165) is 4.90 Å². The number of amides is 4. The summed E-state index contributed by atoms with van der Waals surface area (Å²) in [6.45, 7) is 3.69. The summed E-state index contributed by atoms with van der Waals surface area (Å²) in [7, 11) is 0. The fraction of sp³-hybridized carbons (Fsp3) is 0.368. The Hall–Kier alpha value is -3.00. The second-order valence-electron chi connectivity index (χ2n) is 7.14. The number of rotatable bonds is 5. The Kier molecular flexibility index (Phi) is 3.88. The molecule has 8 nitrogen and oxygen atoms in total. The van der Waals surface area contributed by atoms with E-state index in [4.69, 9.17) is 5.73 Å². The third-order valence-corrected chi connectivity index (χ3v) is 5.73. The molecule has 3 aliphatic heterocycles. The quantitative estimate of drug-likeness (QED) is 0.493. The summed E-state index contributed by atoms with van der Waals surface area (Å²) >= 11 is 0. The van der Waals surface area contributed by atoms with Gasteiger partial charge in [-0.15, -0.1) is 6.58 Å². The summed E-state index contributed by atoms with van der Waals surface area (Å²) in [4.78, 5) is 51.6. The van der Waals surface area contributed by atoms with Crippen molar-refractivity contribution < 1.29 is 19.2 Å². The van der Waals surface area contributed by atoms with Crippen LogP contribution in [0.5, 0.6) is 0 Å². The van der Waals surface area contributed by atoms with Crippen LogP contribution in [0.3, 0.4) is 0 Å². The summed E-state index contributed by atoms with van der Waals surface area (Å²) in [6, 6.07) is 6.61. The first kappa shape index (κ1) is 17.4. The number of likely N-dealkylation sites (tertiary alicyclic amines) is 1. The first-order valence-corrected chi connectivity index (χ1v) is 8.85. The van der Waals surface area contributed by atoms with E-state index in [1.165, 1.54) is 6.08 Å². The van der Waals surface area contributed by atoms with Crippen LogP contribution in [0, 0.1) is 11.8 Å². The van der Waals surface area contributed by atoms with Crippen LogP contribution < -0.4 is 16.4 Å². The predicted octanol–water partition coefficient (Wildman–Crippen LogP) is -0.141. The highest BCUT2D eigenvalue weighted by molar-refractivity contribution is 6.15. The molecule has 4 amide bonds. The maximum atomic E-state index is 13.1. The van der Waals surface area contributed by atoms with E-state index in [1.807, 2.05) is 0 Å². The lowest BCUT2D eigenvalue weighted by Gasteiger charge is -2.29. The molecule has 8 heteroatoms. The third kappa shape index (κ3) is 2.26. The number of para-hydroxylation sites is 1. The number of nitrogens with two attached hydrogens (primary N) is 1. The largest absolute Gasteiger partial charge is 0.370 e. The number of nitrogens with one attached hydrogen (secondary N) is 2. The molecule has 0 radical (unpaired) electrons. The molecule has 1 spiro atoms. The normalized spacial score (nSPS) is 31.2. The Morgan fingerprint density at radius 1 is 1.26 bits per heavy atom. The molecule has 0 aliphatic carbocycles. The van der Waals surface area contributed by atoms with Crippen LogP contribution in [0.15, 0.2) is 36.9 Å². The number of hydrogen-bond acceptors (Lipinski definition) is 5. The Labute approximate surface area is 155 Å². The summed E-state index contributed by atoms with van der Waals surface area (Å²) in [5, 5.41) is 6.05. The molecule has 27 heavy (non-hydrogen) atoms. The van der Waals surface area contributed by atoms with Gasteiger partial charge < -0.3 is 11.1 Å². The van der Waals surface area contributed by atoms with Gasteiger partial charge in [0.05, 0.1) is 11.8 Å². The molecule has 0 saturated carbocycles. The standard InChI is InChI=1S/C19H20N4O4/c1-2-9-23-16(25)14-12(7-8-13(20)24)22-19(15(14)17(23)26)10-5-3-4-6-11(10)21-18(19)27/h2-6,12,14-15,22H,1,7-9H2,(H2,20,24)(H,21,27)/t12-,14-,15-,19+/m0/s1. The van der Waals surface area contributed by atoms with Crippen LogP contribution in [0.25, 0.3) is 0 Å². The SMILES string of the molecule is C=CCN1C(=O)[C@H]2[C@H](CCC(N)=O)N[C@@]3(C(=O)Nc4ccccc43)[C@@H]2C1=O. The molecule has 0 aromatic heterocycles. The average Bonchev–Trinajstić information content (AvgIpc) is 3.21. The summed E-state index contributed by atoms with van der Waals surface area (Å²) in [6.07, 6.45) is 1.82. The molecule has 4 rings (SSSR count). The van der Waals surface area contributed by atoms with E-state index in [0.29, 0.717) is 11.3 Å². The summed E-state index contributed by atoms with van der Waals surface area (Å²) < 4.78 is 0. The van der Waals surface area contributed by atoms with Gasteiger partial charge in [0, 0.05) is 30.3 Å². The number of benzene rings is 1. The van der Waals surface area contributed by atoms with Crippen molar-refractivity contribution in [3.05, 3.63) is 42.5 Å². The zero-order valence-corrected chi connectivity index (χ0v) is 14.6. The average molecular weight is 368 g/mol. The lowest BCUT2D eigenvalue weighted by Crippen LogP contribution is -2.53. The highest BCUT2D eigenvalue weighted by Gasteiger charge is 2.70. The van der Waals surface area contributed by atoms with Crippen LogP contribution >= 0.6 is 0 Å². The highest BCUT2D eigenvalue weighted by Crippen LogP contribution is 2.53. The van der Waals surface area contributed by atoms with Gasteiger partial charge in [-0.1, -0.05) is 24.3 Å². The van der Waals surface area contributed by atoms with E-state index in [-0.39, 0.29) is 31.2 Å². The van der Waals surface area contributed by atoms with Crippen molar-refractivity contribution in [3.63, 3.8) is 0 Å². The van der Waals surface area contributed by atoms with Gasteiger partial charge in [-0.25, -0.2) is 0 Å². The lowest BCUT2D eigenvalue weighted by atomic mass is 9.76. The van der Waals surface area contributed by atoms with Crippen LogP contribution in [0.1, 0.15) is 18.4 Å². The molecule has 2 saturated heterocycles. The first-order chi connectivity index (χ1) is 12.9. The monoisotopic (exact) mass is 368 g/mol. The molecule has 1 aromatic carbocycles.